The lowest BCUT2D eigenvalue weighted by atomic mass is 10.1. The molecule has 6 nitrogen and oxygen atoms in total. The number of anilines is 2. The largest absolute Gasteiger partial charge is 0.369 e. The smallest absolute Gasteiger partial charge is 0.223 e. The molecule has 0 saturated carbocycles. The molecule has 0 saturated heterocycles. The van der Waals surface area contributed by atoms with Gasteiger partial charge in [0.15, 0.2) is 5.82 Å². The number of carbonyl (C=O) groups excluding carboxylic acids is 1. The number of nitrogens with zero attached hydrogens (tertiary/aromatic N) is 2. The third-order valence-electron chi connectivity index (χ3n) is 3.85. The van der Waals surface area contributed by atoms with Crippen molar-refractivity contribution in [3.05, 3.63) is 59.5 Å². The molecular weight excluding hydrogens is 370 g/mol. The summed E-state index contributed by atoms with van der Waals surface area (Å²) in [5.74, 6) is 0.192. The molecule has 1 amide bonds. The quantitative estimate of drug-likeness (QED) is 0.483. The molecule has 0 aliphatic rings. The number of aromatic nitrogens is 3. The number of H-pyrrole nitrogens is 1. The maximum absolute atomic E-state index is 11.4. The number of fused-ring (bicyclic) bond motifs is 1. The molecule has 26 heavy (non-hydrogen) atoms. The Kier molecular flexibility index (Phi) is 4.32. The zero-order valence-electron chi connectivity index (χ0n) is 13.5. The maximum atomic E-state index is 11.4. The summed E-state index contributed by atoms with van der Waals surface area (Å²) in [5, 5.41) is 13.3. The van der Waals surface area contributed by atoms with Crippen LogP contribution in [0.3, 0.4) is 0 Å². The highest BCUT2D eigenvalue weighted by Gasteiger charge is 2.16. The summed E-state index contributed by atoms with van der Waals surface area (Å²) in [6.07, 6.45) is 3.70. The van der Waals surface area contributed by atoms with Gasteiger partial charge in [0.05, 0.1) is 22.5 Å². The van der Waals surface area contributed by atoms with E-state index < -0.39 is 5.91 Å². The minimum Gasteiger partial charge on any atom is -0.369 e. The van der Waals surface area contributed by atoms with Crippen molar-refractivity contribution in [1.29, 1.82) is 0 Å². The Bertz CT molecular complexity index is 1070. The highest BCUT2D eigenvalue weighted by Crippen LogP contribution is 2.38. The molecule has 0 bridgehead atoms. The summed E-state index contributed by atoms with van der Waals surface area (Å²) >= 11 is 7.53. The van der Waals surface area contributed by atoms with Gasteiger partial charge in [-0.3, -0.25) is 4.79 Å². The predicted molar refractivity (Wildman–Crippen MR) is 105 cm³/mol. The third-order valence-corrected chi connectivity index (χ3v) is 5.34. The van der Waals surface area contributed by atoms with Crippen molar-refractivity contribution in [2.45, 2.75) is 6.42 Å². The number of primary amides is 1. The molecular formula is C18H14ClN5OS. The first-order valence-corrected chi connectivity index (χ1v) is 9.03. The van der Waals surface area contributed by atoms with Crippen LogP contribution in [0.25, 0.3) is 20.5 Å². The predicted octanol–water partition coefficient (Wildman–Crippen LogP) is 4.11. The molecule has 130 valence electrons. The van der Waals surface area contributed by atoms with E-state index in [2.05, 4.69) is 20.5 Å². The second-order valence-corrected chi connectivity index (χ2v) is 7.21. The number of aromatic amines is 1. The SMILES string of the molecule is NC(=O)Cc1nnc(Nc2cc[nH]c2)c2cc(-c3ccc(Cl)cc3)sc12. The maximum Gasteiger partial charge on any atom is 0.223 e. The van der Waals surface area contributed by atoms with Crippen molar-refractivity contribution in [3.8, 4) is 10.4 Å². The van der Waals surface area contributed by atoms with Gasteiger partial charge in [-0.1, -0.05) is 23.7 Å². The number of hydrogen-bond acceptors (Lipinski definition) is 5. The number of nitrogens with two attached hydrogens (primary N) is 1. The molecule has 3 heterocycles. The first-order chi connectivity index (χ1) is 12.6. The lowest BCUT2D eigenvalue weighted by Crippen LogP contribution is -2.15. The average Bonchev–Trinajstić information content (AvgIpc) is 3.27. The number of carbonyl (C=O) groups is 1. The number of nitrogens with one attached hydrogen (secondary N) is 2. The zero-order valence-corrected chi connectivity index (χ0v) is 15.1. The van der Waals surface area contributed by atoms with E-state index in [1.54, 1.807) is 11.3 Å². The van der Waals surface area contributed by atoms with Gasteiger partial charge < -0.3 is 16.0 Å². The second-order valence-electron chi connectivity index (χ2n) is 5.72. The van der Waals surface area contributed by atoms with E-state index in [0.717, 1.165) is 26.2 Å². The van der Waals surface area contributed by atoms with Crippen LogP contribution < -0.4 is 11.1 Å². The third kappa shape index (κ3) is 3.26. The standard InChI is InChI=1S/C18H14ClN5OS/c19-11-3-1-10(2-4-11)15-7-13-17(26-15)14(8-16(20)25)23-24-18(13)22-12-5-6-21-9-12/h1-7,9,21H,8H2,(H2,20,25)(H,22,24). The summed E-state index contributed by atoms with van der Waals surface area (Å²) in [6, 6.07) is 11.6. The van der Waals surface area contributed by atoms with Crippen LogP contribution in [-0.2, 0) is 11.2 Å². The van der Waals surface area contributed by atoms with Crippen LogP contribution >= 0.6 is 22.9 Å². The van der Waals surface area contributed by atoms with E-state index >= 15 is 0 Å². The van der Waals surface area contributed by atoms with Crippen molar-refractivity contribution in [2.75, 3.05) is 5.32 Å². The van der Waals surface area contributed by atoms with Gasteiger partial charge >= 0.3 is 0 Å². The van der Waals surface area contributed by atoms with Crippen LogP contribution in [0.4, 0.5) is 11.5 Å². The van der Waals surface area contributed by atoms with E-state index in [0.29, 0.717) is 16.5 Å². The Morgan fingerprint density at radius 2 is 2.04 bits per heavy atom. The van der Waals surface area contributed by atoms with E-state index in [4.69, 9.17) is 17.3 Å². The molecule has 0 atom stereocenters. The molecule has 4 aromatic rings. The Morgan fingerprint density at radius 1 is 1.23 bits per heavy atom. The fourth-order valence-electron chi connectivity index (χ4n) is 2.66. The molecule has 3 aromatic heterocycles. The topological polar surface area (TPSA) is 96.7 Å². The molecule has 0 radical (unpaired) electrons. The Morgan fingerprint density at radius 3 is 2.73 bits per heavy atom. The van der Waals surface area contributed by atoms with Gasteiger partial charge in [0.1, 0.15) is 0 Å². The van der Waals surface area contributed by atoms with Gasteiger partial charge in [-0.25, -0.2) is 0 Å². The number of halogens is 1. The number of hydrogen-bond donors (Lipinski definition) is 3. The van der Waals surface area contributed by atoms with E-state index in [-0.39, 0.29) is 6.42 Å². The van der Waals surface area contributed by atoms with E-state index in [1.165, 1.54) is 0 Å². The van der Waals surface area contributed by atoms with Gasteiger partial charge in [-0.2, -0.15) is 5.10 Å². The number of benzene rings is 1. The molecule has 0 unspecified atom stereocenters. The van der Waals surface area contributed by atoms with Crippen LogP contribution in [-0.4, -0.2) is 21.1 Å². The minimum absolute atomic E-state index is 0.0501. The zero-order chi connectivity index (χ0) is 18.1. The molecule has 8 heteroatoms. The highest BCUT2D eigenvalue weighted by atomic mass is 35.5. The molecule has 0 aliphatic heterocycles. The molecule has 0 aliphatic carbocycles. The normalized spacial score (nSPS) is 11.0. The number of thiophene rings is 1. The van der Waals surface area contributed by atoms with Crippen molar-refractivity contribution in [2.24, 2.45) is 5.73 Å². The van der Waals surface area contributed by atoms with Gasteiger partial charge in [0.2, 0.25) is 5.91 Å². The van der Waals surface area contributed by atoms with Crippen molar-refractivity contribution in [1.82, 2.24) is 15.2 Å². The first kappa shape index (κ1) is 16.6. The Balaban J connectivity index is 1.85. The highest BCUT2D eigenvalue weighted by molar-refractivity contribution is 7.22. The van der Waals surface area contributed by atoms with Crippen LogP contribution in [0.1, 0.15) is 5.69 Å². The summed E-state index contributed by atoms with van der Waals surface area (Å²) in [4.78, 5) is 15.4. The van der Waals surface area contributed by atoms with Crippen LogP contribution in [0.2, 0.25) is 5.02 Å². The fraction of sp³-hybridized carbons (Fsp3) is 0.0556. The Hall–Kier alpha value is -2.90. The average molecular weight is 384 g/mol. The molecule has 1 aromatic carbocycles. The molecule has 0 fully saturated rings. The van der Waals surface area contributed by atoms with Crippen LogP contribution in [0, 0.1) is 0 Å². The minimum atomic E-state index is -0.437. The molecule has 0 spiro atoms. The van der Waals surface area contributed by atoms with Crippen molar-refractivity contribution < 1.29 is 4.79 Å². The number of amides is 1. The lowest BCUT2D eigenvalue weighted by Gasteiger charge is -2.05. The molecule has 4 rings (SSSR count). The summed E-state index contributed by atoms with van der Waals surface area (Å²) in [7, 11) is 0. The van der Waals surface area contributed by atoms with E-state index in [1.807, 2.05) is 48.8 Å². The van der Waals surface area contributed by atoms with Gasteiger partial charge in [-0.05, 0) is 29.8 Å². The van der Waals surface area contributed by atoms with Gasteiger partial charge in [0.25, 0.3) is 0 Å². The van der Waals surface area contributed by atoms with Crippen LogP contribution in [0.15, 0.2) is 48.8 Å². The van der Waals surface area contributed by atoms with E-state index in [9.17, 15) is 4.79 Å². The second kappa shape index (κ2) is 6.78. The summed E-state index contributed by atoms with van der Waals surface area (Å²) < 4.78 is 0.891. The Labute approximate surface area is 158 Å². The van der Waals surface area contributed by atoms with Gasteiger partial charge in [-0.15, -0.1) is 16.4 Å². The summed E-state index contributed by atoms with van der Waals surface area (Å²) in [5.41, 5.74) is 7.85. The fourth-order valence-corrected chi connectivity index (χ4v) is 3.93. The lowest BCUT2D eigenvalue weighted by molar-refractivity contribution is -0.117. The molecule has 4 N–H and O–H groups in total. The summed E-state index contributed by atoms with van der Waals surface area (Å²) in [6.45, 7) is 0. The van der Waals surface area contributed by atoms with Crippen molar-refractivity contribution in [3.63, 3.8) is 0 Å². The number of rotatable bonds is 5. The first-order valence-electron chi connectivity index (χ1n) is 7.83. The van der Waals surface area contributed by atoms with Crippen LogP contribution in [0.5, 0.6) is 0 Å². The monoisotopic (exact) mass is 383 g/mol. The van der Waals surface area contributed by atoms with Crippen molar-refractivity contribution >= 4 is 50.4 Å². The van der Waals surface area contributed by atoms with Gasteiger partial charge in [0, 0.05) is 27.7 Å².